The largest absolute Gasteiger partial charge is 0.0853 e. The van der Waals surface area contributed by atoms with Crippen molar-refractivity contribution in [1.29, 1.82) is 0 Å². The second-order valence-corrected chi connectivity index (χ2v) is 2.86. The van der Waals surface area contributed by atoms with Crippen LogP contribution in [-0.2, 0) is 0 Å². The van der Waals surface area contributed by atoms with Gasteiger partial charge in [-0.2, -0.15) is 0 Å². The molecule has 0 fully saturated rings. The van der Waals surface area contributed by atoms with E-state index in [1.165, 1.54) is 38.5 Å². The van der Waals surface area contributed by atoms with E-state index in [4.69, 9.17) is 0 Å². The monoisotopic (exact) mass is 154 g/mol. The van der Waals surface area contributed by atoms with E-state index >= 15 is 0 Å². The van der Waals surface area contributed by atoms with E-state index < -0.39 is 0 Å². The summed E-state index contributed by atoms with van der Waals surface area (Å²) >= 11 is 0. The molecule has 0 atom stereocenters. The van der Waals surface area contributed by atoms with E-state index in [1.54, 1.807) is 5.57 Å². The van der Waals surface area contributed by atoms with Crippen LogP contribution >= 0.6 is 0 Å². The Morgan fingerprint density at radius 1 is 1.27 bits per heavy atom. The second kappa shape index (κ2) is 7.84. The van der Waals surface area contributed by atoms with E-state index in [-0.39, 0.29) is 0 Å². The lowest BCUT2D eigenvalue weighted by Crippen LogP contribution is -1.90. The van der Waals surface area contributed by atoms with Crippen LogP contribution in [0.4, 0.5) is 0 Å². The lowest BCUT2D eigenvalue weighted by molar-refractivity contribution is 0.670. The van der Waals surface area contributed by atoms with Gasteiger partial charge in [-0.3, -0.25) is 0 Å². The third kappa shape index (κ3) is 5.06. The topological polar surface area (TPSA) is 0 Å². The van der Waals surface area contributed by atoms with Crippen LogP contribution in [0.3, 0.4) is 0 Å². The van der Waals surface area contributed by atoms with Crippen molar-refractivity contribution in [3.8, 4) is 0 Å². The number of hydrogen-bond acceptors (Lipinski definition) is 0. The van der Waals surface area contributed by atoms with Crippen LogP contribution in [0.15, 0.2) is 11.6 Å². The van der Waals surface area contributed by atoms with Crippen molar-refractivity contribution < 1.29 is 0 Å². The van der Waals surface area contributed by atoms with Gasteiger partial charge in [0, 0.05) is 0 Å². The van der Waals surface area contributed by atoms with E-state index in [2.05, 4.69) is 13.0 Å². The third-order valence-electron chi connectivity index (χ3n) is 1.96. The van der Waals surface area contributed by atoms with Gasteiger partial charge in [-0.05, 0) is 32.1 Å². The molecule has 1 aliphatic rings. The van der Waals surface area contributed by atoms with Gasteiger partial charge in [-0.15, -0.1) is 0 Å². The molecule has 66 valence electrons. The second-order valence-electron chi connectivity index (χ2n) is 2.86. The van der Waals surface area contributed by atoms with Gasteiger partial charge in [0.2, 0.25) is 0 Å². The highest BCUT2D eigenvalue weighted by Crippen LogP contribution is 2.20. The molecule has 0 heteroatoms. The van der Waals surface area contributed by atoms with Crippen LogP contribution < -0.4 is 0 Å². The van der Waals surface area contributed by atoms with Crippen molar-refractivity contribution in [2.45, 2.75) is 59.3 Å². The fourth-order valence-electron chi connectivity index (χ4n) is 1.45. The zero-order chi connectivity index (χ0) is 8.53. The van der Waals surface area contributed by atoms with E-state index in [9.17, 15) is 0 Å². The average molecular weight is 154 g/mol. The number of hydrogen-bond donors (Lipinski definition) is 0. The molecule has 0 aliphatic heterocycles. The maximum absolute atomic E-state index is 2.44. The Kier molecular flexibility index (Phi) is 7.66. The summed E-state index contributed by atoms with van der Waals surface area (Å²) in [6.07, 6.45) is 10.7. The van der Waals surface area contributed by atoms with Crippen molar-refractivity contribution in [3.05, 3.63) is 11.6 Å². The fraction of sp³-hybridized carbons (Fsp3) is 0.818. The molecule has 0 aromatic carbocycles. The molecule has 0 spiro atoms. The molecule has 0 bridgehead atoms. The molecule has 1 aliphatic carbocycles. The van der Waals surface area contributed by atoms with Crippen molar-refractivity contribution in [2.24, 2.45) is 0 Å². The predicted octanol–water partition coefficient (Wildman–Crippen LogP) is 4.31. The Bertz CT molecular complexity index is 101. The van der Waals surface area contributed by atoms with Crippen LogP contribution in [-0.4, -0.2) is 0 Å². The van der Waals surface area contributed by atoms with Gasteiger partial charge < -0.3 is 0 Å². The Balaban J connectivity index is 0.000000461. The van der Waals surface area contributed by atoms with E-state index in [0.29, 0.717) is 0 Å². The summed E-state index contributed by atoms with van der Waals surface area (Å²) < 4.78 is 0. The maximum Gasteiger partial charge on any atom is -0.0320 e. The molecule has 0 saturated carbocycles. The minimum atomic E-state index is 1.33. The molecule has 0 heterocycles. The summed E-state index contributed by atoms with van der Waals surface area (Å²) in [5, 5.41) is 0. The van der Waals surface area contributed by atoms with Gasteiger partial charge in [0.15, 0.2) is 0 Å². The zero-order valence-corrected chi connectivity index (χ0v) is 8.32. The Morgan fingerprint density at radius 3 is 2.45 bits per heavy atom. The number of rotatable bonds is 2. The van der Waals surface area contributed by atoms with E-state index in [1.807, 2.05) is 13.8 Å². The standard InChI is InChI=1S/C9H16.C2H6/c1-2-6-9-7-4-3-5-8-9;1-2/h7H,2-6,8H2,1H3;1-2H3. The molecule has 0 saturated heterocycles. The molecule has 11 heavy (non-hydrogen) atoms. The highest BCUT2D eigenvalue weighted by molar-refractivity contribution is 5.04. The first-order valence-electron chi connectivity index (χ1n) is 5.11. The molecule has 1 rings (SSSR count). The smallest absolute Gasteiger partial charge is 0.0320 e. The average Bonchev–Trinajstić information content (AvgIpc) is 2.11. The lowest BCUT2D eigenvalue weighted by Gasteiger charge is -2.10. The molecule has 0 amide bonds. The summed E-state index contributed by atoms with van der Waals surface area (Å²) in [5.74, 6) is 0. The Morgan fingerprint density at radius 2 is 2.00 bits per heavy atom. The van der Waals surface area contributed by atoms with Gasteiger partial charge in [-0.1, -0.05) is 38.8 Å². The Labute approximate surface area is 71.7 Å². The third-order valence-corrected chi connectivity index (χ3v) is 1.96. The summed E-state index contributed by atoms with van der Waals surface area (Å²) in [6.45, 7) is 6.26. The van der Waals surface area contributed by atoms with Crippen molar-refractivity contribution in [3.63, 3.8) is 0 Å². The lowest BCUT2D eigenvalue weighted by atomic mass is 9.96. The fourth-order valence-corrected chi connectivity index (χ4v) is 1.45. The van der Waals surface area contributed by atoms with Crippen LogP contribution in [0.5, 0.6) is 0 Å². The van der Waals surface area contributed by atoms with Gasteiger partial charge in [0.25, 0.3) is 0 Å². The molecule has 0 N–H and O–H groups in total. The predicted molar refractivity (Wildman–Crippen MR) is 52.8 cm³/mol. The molecule has 0 unspecified atom stereocenters. The molecular formula is C11H22. The highest BCUT2D eigenvalue weighted by atomic mass is 14.1. The first-order valence-corrected chi connectivity index (χ1v) is 5.11. The molecule has 0 aromatic rings. The maximum atomic E-state index is 2.44. The minimum Gasteiger partial charge on any atom is -0.0853 e. The van der Waals surface area contributed by atoms with Gasteiger partial charge in [0.1, 0.15) is 0 Å². The normalized spacial score (nSPS) is 16.5. The van der Waals surface area contributed by atoms with Crippen LogP contribution in [0.1, 0.15) is 59.3 Å². The summed E-state index contributed by atoms with van der Waals surface area (Å²) in [4.78, 5) is 0. The minimum absolute atomic E-state index is 1.33. The summed E-state index contributed by atoms with van der Waals surface area (Å²) in [6, 6.07) is 0. The van der Waals surface area contributed by atoms with Gasteiger partial charge >= 0.3 is 0 Å². The van der Waals surface area contributed by atoms with Crippen LogP contribution in [0.25, 0.3) is 0 Å². The van der Waals surface area contributed by atoms with Crippen LogP contribution in [0.2, 0.25) is 0 Å². The molecular weight excluding hydrogens is 132 g/mol. The van der Waals surface area contributed by atoms with Gasteiger partial charge in [-0.25, -0.2) is 0 Å². The summed E-state index contributed by atoms with van der Waals surface area (Å²) in [7, 11) is 0. The molecule has 0 nitrogen and oxygen atoms in total. The van der Waals surface area contributed by atoms with Crippen LogP contribution in [0, 0.1) is 0 Å². The van der Waals surface area contributed by atoms with Crippen molar-refractivity contribution >= 4 is 0 Å². The quantitative estimate of drug-likeness (QED) is 0.520. The first kappa shape index (κ1) is 10.7. The van der Waals surface area contributed by atoms with Crippen molar-refractivity contribution in [1.82, 2.24) is 0 Å². The SMILES string of the molecule is CC.CCCC1=CCCCC1. The zero-order valence-electron chi connectivity index (χ0n) is 8.32. The van der Waals surface area contributed by atoms with E-state index in [0.717, 1.165) is 0 Å². The van der Waals surface area contributed by atoms with Crippen molar-refractivity contribution in [2.75, 3.05) is 0 Å². The highest BCUT2D eigenvalue weighted by Gasteiger charge is 2.00. The Hall–Kier alpha value is -0.260. The molecule has 0 aromatic heterocycles. The molecule has 0 radical (unpaired) electrons. The summed E-state index contributed by atoms with van der Waals surface area (Å²) in [5.41, 5.74) is 1.71. The number of allylic oxidation sites excluding steroid dienone is 2. The first-order chi connectivity index (χ1) is 5.43. The van der Waals surface area contributed by atoms with Gasteiger partial charge in [0.05, 0.1) is 0 Å².